The number of para-hydroxylation sites is 1. The Morgan fingerprint density at radius 3 is 2.71 bits per heavy atom. The van der Waals surface area contributed by atoms with Crippen LogP contribution in [0.1, 0.15) is 40.0 Å². The van der Waals surface area contributed by atoms with Gasteiger partial charge in [-0.25, -0.2) is 0 Å². The molecule has 150 valence electrons. The third kappa shape index (κ3) is 3.26. The smallest absolute Gasteiger partial charge is 0.234 e. The zero-order valence-corrected chi connectivity index (χ0v) is 16.9. The Morgan fingerprint density at radius 1 is 1.25 bits per heavy atom. The Kier molecular flexibility index (Phi) is 5.04. The Morgan fingerprint density at radius 2 is 2.00 bits per heavy atom. The molecule has 2 bridgehead atoms. The van der Waals surface area contributed by atoms with Crippen molar-refractivity contribution in [1.82, 2.24) is 5.32 Å². The maximum Gasteiger partial charge on any atom is 0.234 e. The van der Waals surface area contributed by atoms with E-state index < -0.39 is 17.4 Å². The second-order valence-corrected chi connectivity index (χ2v) is 8.89. The van der Waals surface area contributed by atoms with Crippen LogP contribution in [-0.4, -0.2) is 36.1 Å². The Hall–Kier alpha value is -2.14. The molecule has 1 N–H and O–H groups in total. The predicted molar refractivity (Wildman–Crippen MR) is 109 cm³/mol. The molecule has 0 radical (unpaired) electrons. The number of hydrogen-bond acceptors (Lipinski definition) is 3. The topological polar surface area (TPSA) is 58.6 Å². The highest BCUT2D eigenvalue weighted by atomic mass is 16.5. The Balaban J connectivity index is 1.47. The van der Waals surface area contributed by atoms with Crippen molar-refractivity contribution in [2.75, 3.05) is 11.4 Å². The van der Waals surface area contributed by atoms with Crippen molar-refractivity contribution in [2.24, 2.45) is 17.8 Å². The average molecular weight is 383 g/mol. The van der Waals surface area contributed by atoms with Crippen LogP contribution < -0.4 is 10.2 Å². The molecular formula is C23H30N2O3. The largest absolute Gasteiger partial charge is 0.360 e. The SMILES string of the molecule is CC(C)CCC[C@@H](C)NC(=O)[C@H]1[C@H]2C(=O)N(c3ccccc3)C[C@]23C=C[C@H]1O3. The first-order chi connectivity index (χ1) is 13.4. The Bertz CT molecular complexity index is 775. The number of ether oxygens (including phenoxy) is 1. The van der Waals surface area contributed by atoms with E-state index >= 15 is 0 Å². The highest BCUT2D eigenvalue weighted by molar-refractivity contribution is 6.03. The number of amides is 2. The zero-order chi connectivity index (χ0) is 19.9. The lowest BCUT2D eigenvalue weighted by molar-refractivity contribution is -0.132. The van der Waals surface area contributed by atoms with Crippen molar-refractivity contribution < 1.29 is 14.3 Å². The molecule has 2 fully saturated rings. The molecule has 0 saturated carbocycles. The molecule has 1 aromatic carbocycles. The normalized spacial score (nSPS) is 31.5. The van der Waals surface area contributed by atoms with Gasteiger partial charge in [-0.3, -0.25) is 9.59 Å². The molecule has 3 aliphatic heterocycles. The van der Waals surface area contributed by atoms with Crippen LogP contribution in [0.4, 0.5) is 5.69 Å². The lowest BCUT2D eigenvalue weighted by Gasteiger charge is -2.25. The van der Waals surface area contributed by atoms with Crippen molar-refractivity contribution in [3.8, 4) is 0 Å². The lowest BCUT2D eigenvalue weighted by Crippen LogP contribution is -2.46. The van der Waals surface area contributed by atoms with Crippen molar-refractivity contribution >= 4 is 17.5 Å². The molecule has 3 heterocycles. The van der Waals surface area contributed by atoms with Gasteiger partial charge in [0.05, 0.1) is 24.5 Å². The van der Waals surface area contributed by atoms with Crippen LogP contribution in [-0.2, 0) is 14.3 Å². The third-order valence-electron chi connectivity index (χ3n) is 6.28. The van der Waals surface area contributed by atoms with Crippen LogP contribution in [0.5, 0.6) is 0 Å². The zero-order valence-electron chi connectivity index (χ0n) is 16.9. The van der Waals surface area contributed by atoms with Crippen LogP contribution in [0.15, 0.2) is 42.5 Å². The van der Waals surface area contributed by atoms with Gasteiger partial charge in [0.1, 0.15) is 5.60 Å². The van der Waals surface area contributed by atoms with E-state index in [9.17, 15) is 9.59 Å². The van der Waals surface area contributed by atoms with Crippen LogP contribution in [0.2, 0.25) is 0 Å². The molecule has 0 unspecified atom stereocenters. The minimum absolute atomic E-state index is 0.00865. The molecule has 2 saturated heterocycles. The minimum atomic E-state index is -0.666. The molecule has 4 rings (SSSR count). The van der Waals surface area contributed by atoms with Gasteiger partial charge in [-0.1, -0.05) is 57.0 Å². The summed E-state index contributed by atoms with van der Waals surface area (Å²) in [4.78, 5) is 28.1. The summed E-state index contributed by atoms with van der Waals surface area (Å²) in [6.07, 6.45) is 6.88. The van der Waals surface area contributed by atoms with Gasteiger partial charge in [0.2, 0.25) is 11.8 Å². The minimum Gasteiger partial charge on any atom is -0.360 e. The second-order valence-electron chi connectivity index (χ2n) is 8.89. The monoisotopic (exact) mass is 382 g/mol. The van der Waals surface area contributed by atoms with E-state index in [0.29, 0.717) is 12.5 Å². The van der Waals surface area contributed by atoms with E-state index in [4.69, 9.17) is 4.74 Å². The summed E-state index contributed by atoms with van der Waals surface area (Å²) < 4.78 is 6.20. The lowest BCUT2D eigenvalue weighted by atomic mass is 9.76. The van der Waals surface area contributed by atoms with Crippen molar-refractivity contribution in [1.29, 1.82) is 0 Å². The van der Waals surface area contributed by atoms with Crippen LogP contribution >= 0.6 is 0 Å². The number of anilines is 1. The van der Waals surface area contributed by atoms with Gasteiger partial charge in [-0.15, -0.1) is 0 Å². The van der Waals surface area contributed by atoms with Crippen molar-refractivity contribution in [2.45, 2.75) is 57.8 Å². The molecule has 5 nitrogen and oxygen atoms in total. The van der Waals surface area contributed by atoms with Crippen LogP contribution in [0.3, 0.4) is 0 Å². The standard InChI is InChI=1S/C23H30N2O3/c1-15(2)8-7-9-16(3)24-21(26)19-18-12-13-23(28-18)14-25(22(27)20(19)23)17-10-5-4-6-11-17/h4-6,10-13,15-16,18-20H,7-9,14H2,1-3H3,(H,24,26)/t16-,18-,19-,20+,23-/m1/s1. The van der Waals surface area contributed by atoms with Gasteiger partial charge < -0.3 is 15.0 Å². The van der Waals surface area contributed by atoms with Gasteiger partial charge >= 0.3 is 0 Å². The molecule has 3 aliphatic rings. The quantitative estimate of drug-likeness (QED) is 0.736. The van der Waals surface area contributed by atoms with Crippen LogP contribution in [0.25, 0.3) is 0 Å². The van der Waals surface area contributed by atoms with E-state index in [1.54, 1.807) is 4.90 Å². The molecule has 28 heavy (non-hydrogen) atoms. The molecule has 5 atom stereocenters. The molecular weight excluding hydrogens is 352 g/mol. The van der Waals surface area contributed by atoms with Crippen molar-refractivity contribution in [3.63, 3.8) is 0 Å². The number of benzene rings is 1. The summed E-state index contributed by atoms with van der Waals surface area (Å²) in [6.45, 7) is 6.95. The van der Waals surface area contributed by atoms with Gasteiger partial charge in [-0.05, 0) is 31.4 Å². The number of fused-ring (bicyclic) bond motifs is 1. The fraction of sp³-hybridized carbons (Fsp3) is 0.565. The van der Waals surface area contributed by atoms with E-state index in [1.165, 1.54) is 0 Å². The van der Waals surface area contributed by atoms with Crippen LogP contribution in [0, 0.1) is 17.8 Å². The van der Waals surface area contributed by atoms with Gasteiger partial charge in [-0.2, -0.15) is 0 Å². The summed E-state index contributed by atoms with van der Waals surface area (Å²) in [7, 11) is 0. The number of nitrogens with zero attached hydrogens (tertiary/aromatic N) is 1. The average Bonchev–Trinajstić information content (AvgIpc) is 3.30. The predicted octanol–water partition coefficient (Wildman–Crippen LogP) is 3.30. The molecule has 2 amide bonds. The van der Waals surface area contributed by atoms with E-state index in [0.717, 1.165) is 24.9 Å². The van der Waals surface area contributed by atoms with E-state index in [-0.39, 0.29) is 24.0 Å². The fourth-order valence-electron chi connectivity index (χ4n) is 4.87. The number of carbonyl (C=O) groups is 2. The van der Waals surface area contributed by atoms with E-state index in [1.807, 2.05) is 49.4 Å². The summed E-state index contributed by atoms with van der Waals surface area (Å²) in [5, 5.41) is 3.14. The van der Waals surface area contributed by atoms with E-state index in [2.05, 4.69) is 19.2 Å². The number of nitrogens with one attached hydrogen (secondary N) is 1. The van der Waals surface area contributed by atoms with Gasteiger partial charge in [0, 0.05) is 11.7 Å². The Labute approximate surface area is 167 Å². The first kappa shape index (κ1) is 19.2. The first-order valence-electron chi connectivity index (χ1n) is 10.5. The summed E-state index contributed by atoms with van der Waals surface area (Å²) >= 11 is 0. The highest BCUT2D eigenvalue weighted by Crippen LogP contribution is 2.52. The summed E-state index contributed by atoms with van der Waals surface area (Å²) in [5.74, 6) is -0.275. The summed E-state index contributed by atoms with van der Waals surface area (Å²) in [5.41, 5.74) is 0.193. The molecule has 0 aromatic heterocycles. The molecule has 5 heteroatoms. The number of rotatable bonds is 7. The maximum absolute atomic E-state index is 13.3. The molecule has 1 aromatic rings. The maximum atomic E-state index is 13.3. The summed E-state index contributed by atoms with van der Waals surface area (Å²) in [6, 6.07) is 9.74. The first-order valence-corrected chi connectivity index (χ1v) is 10.5. The van der Waals surface area contributed by atoms with Gasteiger partial charge in [0.15, 0.2) is 0 Å². The fourth-order valence-corrected chi connectivity index (χ4v) is 4.87. The molecule has 1 spiro atoms. The molecule has 0 aliphatic carbocycles. The van der Waals surface area contributed by atoms with Crippen molar-refractivity contribution in [3.05, 3.63) is 42.5 Å². The van der Waals surface area contributed by atoms with Gasteiger partial charge in [0.25, 0.3) is 0 Å². The number of hydrogen-bond donors (Lipinski definition) is 1. The highest BCUT2D eigenvalue weighted by Gasteiger charge is 2.67. The third-order valence-corrected chi connectivity index (χ3v) is 6.28. The second kappa shape index (κ2) is 7.36. The number of carbonyl (C=O) groups excluding carboxylic acids is 2.